The highest BCUT2D eigenvalue weighted by Crippen LogP contribution is 2.39. The highest BCUT2D eigenvalue weighted by Gasteiger charge is 2.44. The third-order valence-electron chi connectivity index (χ3n) is 7.18. The van der Waals surface area contributed by atoms with Gasteiger partial charge in [-0.25, -0.2) is 9.18 Å². The van der Waals surface area contributed by atoms with Crippen LogP contribution in [0, 0.1) is 5.92 Å². The van der Waals surface area contributed by atoms with Gasteiger partial charge in [-0.1, -0.05) is 6.08 Å². The van der Waals surface area contributed by atoms with Gasteiger partial charge in [0, 0.05) is 50.1 Å². The number of hydrogen-bond acceptors (Lipinski definition) is 5. The Morgan fingerprint density at radius 1 is 1.27 bits per heavy atom. The van der Waals surface area contributed by atoms with E-state index in [9.17, 15) is 14.0 Å². The standard InChI is InChI=1S/C23H34FN3O3/c1-2-30-23(29)27-20-5-6-21(27)12-16(11-20)14-26-9-7-19(15-26)25-22-13-18(24)4-3-17(22)8-10-28/h3-4,10,16,19-22,25H,2,5-9,11-15H2,1H3/t16?,19-,20-,21?,22?/m0/s1. The number of carbonyl (C=O) groups excluding carboxylic acids is 2. The van der Waals surface area contributed by atoms with E-state index in [2.05, 4.69) is 10.2 Å². The molecule has 1 amide bonds. The Kier molecular flexibility index (Phi) is 6.88. The van der Waals surface area contributed by atoms with E-state index >= 15 is 0 Å². The molecule has 3 unspecified atom stereocenters. The minimum absolute atomic E-state index is 0.0752. The Hall–Kier alpha value is -1.73. The Labute approximate surface area is 178 Å². The first-order valence-electron chi connectivity index (χ1n) is 11.5. The number of nitrogens with zero attached hydrogens (tertiary/aromatic N) is 2. The van der Waals surface area contributed by atoms with Crippen molar-refractivity contribution in [1.82, 2.24) is 15.1 Å². The molecule has 0 aromatic rings. The Morgan fingerprint density at radius 2 is 2.03 bits per heavy atom. The lowest BCUT2D eigenvalue weighted by Gasteiger charge is -2.39. The van der Waals surface area contributed by atoms with Crippen LogP contribution < -0.4 is 5.32 Å². The summed E-state index contributed by atoms with van der Waals surface area (Å²) < 4.78 is 19.0. The van der Waals surface area contributed by atoms with Gasteiger partial charge in [-0.15, -0.1) is 0 Å². The number of aldehydes is 1. The van der Waals surface area contributed by atoms with Crippen LogP contribution in [0.3, 0.4) is 0 Å². The van der Waals surface area contributed by atoms with E-state index in [-0.39, 0.29) is 18.0 Å². The molecule has 3 aliphatic heterocycles. The van der Waals surface area contributed by atoms with Crippen molar-refractivity contribution >= 4 is 12.4 Å². The Bertz CT molecular complexity index is 696. The smallest absolute Gasteiger partial charge is 0.410 e. The van der Waals surface area contributed by atoms with Crippen LogP contribution >= 0.6 is 0 Å². The quantitative estimate of drug-likeness (QED) is 0.642. The molecule has 1 aliphatic carbocycles. The zero-order valence-electron chi connectivity index (χ0n) is 17.9. The van der Waals surface area contributed by atoms with Crippen LogP contribution in [0.5, 0.6) is 0 Å². The van der Waals surface area contributed by atoms with Gasteiger partial charge in [0.1, 0.15) is 12.1 Å². The summed E-state index contributed by atoms with van der Waals surface area (Å²) in [6, 6.07) is 0.913. The summed E-state index contributed by atoms with van der Waals surface area (Å²) in [5.41, 5.74) is 0.979. The number of halogens is 1. The molecule has 7 heteroatoms. The number of piperidine rings is 1. The number of fused-ring (bicyclic) bond motifs is 2. The lowest BCUT2D eigenvalue weighted by molar-refractivity contribution is -0.107. The SMILES string of the molecule is CCOC(=O)N1C2CC[C@H]1CC(CN1CC[C@H](NC3CC(F)=CC=C3CC=O)C1)C2. The lowest BCUT2D eigenvalue weighted by Crippen LogP contribution is -2.48. The molecule has 0 spiro atoms. The molecule has 0 aromatic carbocycles. The van der Waals surface area contributed by atoms with E-state index in [1.165, 1.54) is 6.08 Å². The topological polar surface area (TPSA) is 61.9 Å². The second kappa shape index (κ2) is 9.60. The summed E-state index contributed by atoms with van der Waals surface area (Å²) in [6.45, 7) is 5.37. The predicted molar refractivity (Wildman–Crippen MR) is 113 cm³/mol. The van der Waals surface area contributed by atoms with E-state index < -0.39 is 0 Å². The van der Waals surface area contributed by atoms with Gasteiger partial charge in [-0.2, -0.15) is 0 Å². The van der Waals surface area contributed by atoms with Crippen LogP contribution in [-0.2, 0) is 9.53 Å². The molecule has 6 nitrogen and oxygen atoms in total. The lowest BCUT2D eigenvalue weighted by atomic mass is 9.90. The van der Waals surface area contributed by atoms with Crippen LogP contribution in [0.25, 0.3) is 0 Å². The zero-order valence-corrected chi connectivity index (χ0v) is 17.9. The molecule has 3 heterocycles. The van der Waals surface area contributed by atoms with E-state index in [1.807, 2.05) is 11.8 Å². The molecule has 3 saturated heterocycles. The highest BCUT2D eigenvalue weighted by molar-refractivity contribution is 5.69. The number of allylic oxidation sites excluding steroid dienone is 2. The highest BCUT2D eigenvalue weighted by atomic mass is 19.1. The molecule has 3 fully saturated rings. The third kappa shape index (κ3) is 4.78. The van der Waals surface area contributed by atoms with E-state index in [4.69, 9.17) is 4.74 Å². The number of amides is 1. The number of rotatable bonds is 7. The van der Waals surface area contributed by atoms with E-state index in [0.29, 0.717) is 43.5 Å². The van der Waals surface area contributed by atoms with E-state index in [0.717, 1.165) is 63.6 Å². The van der Waals surface area contributed by atoms with Gasteiger partial charge in [0.2, 0.25) is 0 Å². The summed E-state index contributed by atoms with van der Waals surface area (Å²) in [7, 11) is 0. The van der Waals surface area contributed by atoms with Crippen molar-refractivity contribution in [2.75, 3.05) is 26.2 Å². The second-order valence-electron chi connectivity index (χ2n) is 9.22. The molecular formula is C23H34FN3O3. The fraction of sp³-hybridized carbons (Fsp3) is 0.739. The average Bonchev–Trinajstić information content (AvgIpc) is 3.26. The van der Waals surface area contributed by atoms with E-state index in [1.54, 1.807) is 6.08 Å². The van der Waals surface area contributed by atoms with Crippen molar-refractivity contribution in [2.24, 2.45) is 5.92 Å². The molecule has 0 saturated carbocycles. The van der Waals surface area contributed by atoms with Crippen molar-refractivity contribution < 1.29 is 18.7 Å². The van der Waals surface area contributed by atoms with Crippen molar-refractivity contribution in [1.29, 1.82) is 0 Å². The first-order valence-corrected chi connectivity index (χ1v) is 11.5. The molecular weight excluding hydrogens is 385 g/mol. The molecule has 4 rings (SSSR count). The zero-order chi connectivity index (χ0) is 21.1. The van der Waals surface area contributed by atoms with Crippen LogP contribution in [0.15, 0.2) is 23.6 Å². The van der Waals surface area contributed by atoms with Gasteiger partial charge >= 0.3 is 6.09 Å². The number of ether oxygens (including phenoxy) is 1. The monoisotopic (exact) mass is 419 g/mol. The minimum Gasteiger partial charge on any atom is -0.450 e. The minimum atomic E-state index is -0.137. The summed E-state index contributed by atoms with van der Waals surface area (Å²) >= 11 is 0. The molecule has 0 aromatic heterocycles. The third-order valence-corrected chi connectivity index (χ3v) is 7.18. The maximum absolute atomic E-state index is 13.8. The first kappa shape index (κ1) is 21.5. The van der Waals surface area contributed by atoms with Gasteiger partial charge in [-0.05, 0) is 63.1 Å². The molecule has 4 aliphatic rings. The van der Waals surface area contributed by atoms with Crippen LogP contribution in [0.1, 0.15) is 51.9 Å². The van der Waals surface area contributed by atoms with Crippen molar-refractivity contribution in [3.8, 4) is 0 Å². The van der Waals surface area contributed by atoms with Crippen molar-refractivity contribution in [3.63, 3.8) is 0 Å². The van der Waals surface area contributed by atoms with Crippen molar-refractivity contribution in [2.45, 2.75) is 76.0 Å². The molecule has 0 radical (unpaired) electrons. The fourth-order valence-electron chi connectivity index (χ4n) is 5.90. The van der Waals surface area contributed by atoms with Gasteiger partial charge in [0.15, 0.2) is 0 Å². The molecule has 30 heavy (non-hydrogen) atoms. The van der Waals surface area contributed by atoms with Gasteiger partial charge in [0.05, 0.1) is 6.61 Å². The number of likely N-dealkylation sites (tertiary alicyclic amines) is 1. The maximum Gasteiger partial charge on any atom is 0.410 e. The molecule has 2 bridgehead atoms. The van der Waals surface area contributed by atoms with Gasteiger partial charge < -0.3 is 24.6 Å². The van der Waals surface area contributed by atoms with Crippen LogP contribution in [0.2, 0.25) is 0 Å². The normalized spacial score (nSPS) is 33.9. The number of nitrogens with one attached hydrogen (secondary N) is 1. The Morgan fingerprint density at radius 3 is 2.73 bits per heavy atom. The average molecular weight is 420 g/mol. The van der Waals surface area contributed by atoms with Crippen LogP contribution in [0.4, 0.5) is 9.18 Å². The largest absolute Gasteiger partial charge is 0.450 e. The summed E-state index contributed by atoms with van der Waals surface area (Å²) in [5.74, 6) is 0.494. The van der Waals surface area contributed by atoms with Crippen LogP contribution in [-0.4, -0.2) is 72.6 Å². The summed E-state index contributed by atoms with van der Waals surface area (Å²) in [6.07, 6.45) is 10.1. The molecule has 166 valence electrons. The second-order valence-corrected chi connectivity index (χ2v) is 9.22. The summed E-state index contributed by atoms with van der Waals surface area (Å²) in [5, 5.41) is 3.60. The van der Waals surface area contributed by atoms with Crippen molar-refractivity contribution in [3.05, 3.63) is 23.6 Å². The molecule has 5 atom stereocenters. The number of carbonyl (C=O) groups is 2. The van der Waals surface area contributed by atoms with Gasteiger partial charge in [-0.3, -0.25) is 0 Å². The first-order chi connectivity index (χ1) is 14.6. The molecule has 1 N–H and O–H groups in total. The predicted octanol–water partition coefficient (Wildman–Crippen LogP) is 3.19. The fourth-order valence-corrected chi connectivity index (χ4v) is 5.90. The summed E-state index contributed by atoms with van der Waals surface area (Å²) in [4.78, 5) is 27.7. The maximum atomic E-state index is 13.8. The van der Waals surface area contributed by atoms with Gasteiger partial charge in [0.25, 0.3) is 0 Å². The Balaban J connectivity index is 1.26. The number of hydrogen-bond donors (Lipinski definition) is 1.